The zero-order chi connectivity index (χ0) is 15.5. The minimum Gasteiger partial charge on any atom is -0.339 e. The van der Waals surface area contributed by atoms with Crippen molar-refractivity contribution in [2.75, 3.05) is 32.7 Å². The van der Waals surface area contributed by atoms with E-state index in [4.69, 9.17) is 0 Å². The molecule has 0 aliphatic carbocycles. The van der Waals surface area contributed by atoms with Crippen molar-refractivity contribution in [3.05, 3.63) is 29.8 Å². The first-order valence-corrected chi connectivity index (χ1v) is 7.82. The smallest absolute Gasteiger partial charge is 0.241 e. The van der Waals surface area contributed by atoms with E-state index in [1.165, 1.54) is 4.90 Å². The molecule has 1 aliphatic heterocycles. The molecule has 21 heavy (non-hydrogen) atoms. The second-order valence-electron chi connectivity index (χ2n) is 4.53. The summed E-state index contributed by atoms with van der Waals surface area (Å²) in [7, 11) is -4.05. The van der Waals surface area contributed by atoms with Gasteiger partial charge in [0.15, 0.2) is 11.6 Å². The molecular weight excluding hydrogens is 304 g/mol. The molecule has 1 amide bonds. The van der Waals surface area contributed by atoms with Gasteiger partial charge in [-0.05, 0) is 18.2 Å². The highest BCUT2D eigenvalue weighted by Crippen LogP contribution is 2.13. The van der Waals surface area contributed by atoms with Crippen LogP contribution in [-0.2, 0) is 14.8 Å². The van der Waals surface area contributed by atoms with Crippen LogP contribution < -0.4 is 10.0 Å². The lowest BCUT2D eigenvalue weighted by atomic mass is 10.3. The first-order valence-electron chi connectivity index (χ1n) is 6.33. The largest absolute Gasteiger partial charge is 0.339 e. The summed E-state index contributed by atoms with van der Waals surface area (Å²) in [6, 6.07) is 2.24. The third-order valence-corrected chi connectivity index (χ3v) is 4.48. The van der Waals surface area contributed by atoms with Gasteiger partial charge in [-0.15, -0.1) is 0 Å². The van der Waals surface area contributed by atoms with Crippen molar-refractivity contribution in [3.63, 3.8) is 0 Å². The zero-order valence-electron chi connectivity index (χ0n) is 11.1. The van der Waals surface area contributed by atoms with Crippen LogP contribution in [0.5, 0.6) is 0 Å². The van der Waals surface area contributed by atoms with E-state index < -0.39 is 33.1 Å². The van der Waals surface area contributed by atoms with Gasteiger partial charge in [0.25, 0.3) is 0 Å². The predicted molar refractivity (Wildman–Crippen MR) is 71.0 cm³/mol. The second kappa shape index (κ2) is 6.46. The standard InChI is InChI=1S/C12H15F2N3O3S/c13-10-2-1-9(7-11(10)14)21(19,20)16-8-12(18)17-5-3-15-4-6-17/h1-2,7,15-16H,3-6,8H2. The molecule has 0 spiro atoms. The molecule has 2 rings (SSSR count). The minimum atomic E-state index is -4.05. The van der Waals surface area contributed by atoms with Crippen LogP contribution in [0.1, 0.15) is 0 Å². The molecule has 6 nitrogen and oxygen atoms in total. The average molecular weight is 319 g/mol. The van der Waals surface area contributed by atoms with E-state index in [9.17, 15) is 22.0 Å². The van der Waals surface area contributed by atoms with Crippen molar-refractivity contribution < 1.29 is 22.0 Å². The van der Waals surface area contributed by atoms with E-state index in [-0.39, 0.29) is 5.91 Å². The van der Waals surface area contributed by atoms with Gasteiger partial charge in [-0.3, -0.25) is 4.79 Å². The van der Waals surface area contributed by atoms with E-state index in [1.54, 1.807) is 0 Å². The Morgan fingerprint density at radius 2 is 1.90 bits per heavy atom. The maximum absolute atomic E-state index is 13.0. The first-order chi connectivity index (χ1) is 9.90. The Morgan fingerprint density at radius 3 is 2.52 bits per heavy atom. The molecule has 0 radical (unpaired) electrons. The van der Waals surface area contributed by atoms with Crippen LogP contribution in [0.15, 0.2) is 23.1 Å². The molecule has 0 unspecified atom stereocenters. The van der Waals surface area contributed by atoms with Gasteiger partial charge in [-0.1, -0.05) is 0 Å². The summed E-state index contributed by atoms with van der Waals surface area (Å²) in [4.78, 5) is 12.9. The number of carbonyl (C=O) groups is 1. The number of benzene rings is 1. The van der Waals surface area contributed by atoms with Gasteiger partial charge in [-0.25, -0.2) is 21.9 Å². The fraction of sp³-hybridized carbons (Fsp3) is 0.417. The Kier molecular flexibility index (Phi) is 4.86. The summed E-state index contributed by atoms with van der Waals surface area (Å²) in [5.74, 6) is -2.75. The molecule has 0 aromatic heterocycles. The molecule has 1 heterocycles. The Labute approximate surface area is 121 Å². The van der Waals surface area contributed by atoms with Crippen molar-refractivity contribution in [1.29, 1.82) is 0 Å². The Morgan fingerprint density at radius 1 is 1.24 bits per heavy atom. The van der Waals surface area contributed by atoms with Crippen LogP contribution in [0.2, 0.25) is 0 Å². The number of piperazine rings is 1. The number of nitrogens with zero attached hydrogens (tertiary/aromatic N) is 1. The molecule has 9 heteroatoms. The summed E-state index contributed by atoms with van der Waals surface area (Å²) in [6.07, 6.45) is 0. The second-order valence-corrected chi connectivity index (χ2v) is 6.30. The summed E-state index contributed by atoms with van der Waals surface area (Å²) >= 11 is 0. The number of hydrogen-bond acceptors (Lipinski definition) is 4. The average Bonchev–Trinajstić information content (AvgIpc) is 2.48. The van der Waals surface area contributed by atoms with E-state index in [0.717, 1.165) is 12.1 Å². The van der Waals surface area contributed by atoms with Crippen molar-refractivity contribution >= 4 is 15.9 Å². The van der Waals surface area contributed by atoms with Crippen LogP contribution >= 0.6 is 0 Å². The topological polar surface area (TPSA) is 78.5 Å². The lowest BCUT2D eigenvalue weighted by Gasteiger charge is -2.27. The number of amides is 1. The summed E-state index contributed by atoms with van der Waals surface area (Å²) < 4.78 is 51.7. The number of halogens is 2. The first kappa shape index (κ1) is 15.8. The maximum atomic E-state index is 13.0. The monoisotopic (exact) mass is 319 g/mol. The van der Waals surface area contributed by atoms with Gasteiger partial charge >= 0.3 is 0 Å². The Balaban J connectivity index is 2.00. The number of carbonyl (C=O) groups excluding carboxylic acids is 1. The van der Waals surface area contributed by atoms with E-state index in [2.05, 4.69) is 10.0 Å². The SMILES string of the molecule is O=C(CNS(=O)(=O)c1ccc(F)c(F)c1)N1CCNCC1. The fourth-order valence-electron chi connectivity index (χ4n) is 1.91. The van der Waals surface area contributed by atoms with Crippen LogP contribution in [0.4, 0.5) is 8.78 Å². The molecule has 0 atom stereocenters. The van der Waals surface area contributed by atoms with Gasteiger partial charge < -0.3 is 10.2 Å². The molecule has 1 fully saturated rings. The Hall–Kier alpha value is -1.58. The summed E-state index contributed by atoms with van der Waals surface area (Å²) in [5, 5.41) is 3.07. The van der Waals surface area contributed by atoms with Gasteiger partial charge in [-0.2, -0.15) is 0 Å². The quantitative estimate of drug-likeness (QED) is 0.797. The van der Waals surface area contributed by atoms with Crippen LogP contribution in [0.3, 0.4) is 0 Å². The van der Waals surface area contributed by atoms with Crippen molar-refractivity contribution in [1.82, 2.24) is 14.9 Å². The summed E-state index contributed by atoms with van der Waals surface area (Å²) in [6.45, 7) is 1.90. The number of hydrogen-bond donors (Lipinski definition) is 2. The molecule has 1 saturated heterocycles. The van der Waals surface area contributed by atoms with Gasteiger partial charge in [0.1, 0.15) is 0 Å². The summed E-state index contributed by atoms with van der Waals surface area (Å²) in [5.41, 5.74) is 0. The number of nitrogens with one attached hydrogen (secondary N) is 2. The van der Waals surface area contributed by atoms with Crippen LogP contribution in [-0.4, -0.2) is 51.9 Å². The number of sulfonamides is 1. The van der Waals surface area contributed by atoms with Crippen LogP contribution in [0, 0.1) is 11.6 Å². The van der Waals surface area contributed by atoms with Crippen molar-refractivity contribution in [3.8, 4) is 0 Å². The lowest BCUT2D eigenvalue weighted by Crippen LogP contribution is -2.49. The van der Waals surface area contributed by atoms with E-state index in [1.807, 2.05) is 0 Å². The zero-order valence-corrected chi connectivity index (χ0v) is 11.9. The molecule has 116 valence electrons. The van der Waals surface area contributed by atoms with E-state index in [0.29, 0.717) is 32.2 Å². The van der Waals surface area contributed by atoms with Gasteiger partial charge in [0.05, 0.1) is 11.4 Å². The lowest BCUT2D eigenvalue weighted by molar-refractivity contribution is -0.130. The predicted octanol–water partition coefficient (Wildman–Crippen LogP) is -0.325. The Bertz CT molecular complexity index is 631. The normalized spacial score (nSPS) is 16.0. The van der Waals surface area contributed by atoms with E-state index >= 15 is 0 Å². The molecule has 1 aromatic rings. The van der Waals surface area contributed by atoms with Crippen molar-refractivity contribution in [2.24, 2.45) is 0 Å². The maximum Gasteiger partial charge on any atom is 0.241 e. The van der Waals surface area contributed by atoms with Gasteiger partial charge in [0.2, 0.25) is 15.9 Å². The van der Waals surface area contributed by atoms with Crippen LogP contribution in [0.25, 0.3) is 0 Å². The highest BCUT2D eigenvalue weighted by Gasteiger charge is 2.21. The molecule has 2 N–H and O–H groups in total. The fourth-order valence-corrected chi connectivity index (χ4v) is 2.90. The molecule has 0 saturated carbocycles. The van der Waals surface area contributed by atoms with Crippen molar-refractivity contribution in [2.45, 2.75) is 4.90 Å². The molecular formula is C12H15F2N3O3S. The molecule has 0 bridgehead atoms. The third-order valence-electron chi connectivity index (χ3n) is 3.08. The molecule has 1 aromatic carbocycles. The third kappa shape index (κ3) is 3.96. The molecule has 1 aliphatic rings. The highest BCUT2D eigenvalue weighted by atomic mass is 32.2. The number of rotatable bonds is 4. The minimum absolute atomic E-state index is 0.359. The van der Waals surface area contributed by atoms with Gasteiger partial charge in [0, 0.05) is 26.2 Å². The highest BCUT2D eigenvalue weighted by molar-refractivity contribution is 7.89.